The van der Waals surface area contributed by atoms with E-state index in [1.54, 1.807) is 0 Å². The molecule has 0 spiro atoms. The summed E-state index contributed by atoms with van der Waals surface area (Å²) in [5, 5.41) is 3.61. The SMILES string of the molecule is CCNC(c1ccn(Cc2cncn2C)c1)C1CC1. The summed E-state index contributed by atoms with van der Waals surface area (Å²) in [6.07, 6.45) is 11.0. The lowest BCUT2D eigenvalue weighted by Gasteiger charge is -2.15. The number of aryl methyl sites for hydroxylation is 1. The molecule has 3 rings (SSSR count). The summed E-state index contributed by atoms with van der Waals surface area (Å²) in [5.74, 6) is 0.840. The van der Waals surface area contributed by atoms with Crippen molar-refractivity contribution in [3.05, 3.63) is 42.2 Å². The van der Waals surface area contributed by atoms with Gasteiger partial charge in [-0.2, -0.15) is 0 Å². The summed E-state index contributed by atoms with van der Waals surface area (Å²) < 4.78 is 4.32. The fraction of sp³-hybridized carbons (Fsp3) is 0.533. The summed E-state index contributed by atoms with van der Waals surface area (Å²) in [6.45, 7) is 4.11. The number of nitrogens with zero attached hydrogens (tertiary/aromatic N) is 3. The van der Waals surface area contributed by atoms with Crippen LogP contribution in [0.15, 0.2) is 31.0 Å². The third kappa shape index (κ3) is 2.73. The predicted octanol–water partition coefficient (Wildman–Crippen LogP) is 2.33. The molecule has 102 valence electrons. The van der Waals surface area contributed by atoms with Gasteiger partial charge in [0.1, 0.15) is 0 Å². The van der Waals surface area contributed by atoms with Gasteiger partial charge in [0.05, 0.1) is 18.6 Å². The molecule has 4 heteroatoms. The lowest BCUT2D eigenvalue weighted by Crippen LogP contribution is -2.22. The van der Waals surface area contributed by atoms with E-state index >= 15 is 0 Å². The first-order valence-corrected chi connectivity index (χ1v) is 7.12. The molecule has 4 nitrogen and oxygen atoms in total. The molecule has 1 atom stereocenters. The van der Waals surface area contributed by atoms with Crippen LogP contribution in [0.5, 0.6) is 0 Å². The first-order chi connectivity index (χ1) is 9.28. The minimum atomic E-state index is 0.540. The molecule has 2 aromatic heterocycles. The van der Waals surface area contributed by atoms with Crippen LogP contribution in [0.25, 0.3) is 0 Å². The maximum absolute atomic E-state index is 4.16. The van der Waals surface area contributed by atoms with Gasteiger partial charge in [0.25, 0.3) is 0 Å². The quantitative estimate of drug-likeness (QED) is 0.863. The van der Waals surface area contributed by atoms with Gasteiger partial charge >= 0.3 is 0 Å². The van der Waals surface area contributed by atoms with Crippen molar-refractivity contribution in [1.29, 1.82) is 0 Å². The zero-order valence-corrected chi connectivity index (χ0v) is 11.7. The van der Waals surface area contributed by atoms with Crippen molar-refractivity contribution in [2.45, 2.75) is 32.4 Å². The Hall–Kier alpha value is -1.55. The van der Waals surface area contributed by atoms with Crippen molar-refractivity contribution in [2.24, 2.45) is 13.0 Å². The van der Waals surface area contributed by atoms with E-state index in [0.717, 1.165) is 19.0 Å². The third-order valence-corrected chi connectivity index (χ3v) is 3.91. The molecule has 2 aromatic rings. The summed E-state index contributed by atoms with van der Waals surface area (Å²) in [6, 6.07) is 2.79. The fourth-order valence-electron chi connectivity index (χ4n) is 2.67. The molecule has 1 N–H and O–H groups in total. The smallest absolute Gasteiger partial charge is 0.0946 e. The Kier molecular flexibility index (Phi) is 3.42. The largest absolute Gasteiger partial charge is 0.348 e. The standard InChI is InChI=1S/C15H22N4/c1-3-17-15(12-4-5-12)13-6-7-19(9-13)10-14-8-16-11-18(14)2/h6-9,11-12,15,17H,3-5,10H2,1-2H3. The number of nitrogens with one attached hydrogen (secondary N) is 1. The van der Waals surface area contributed by atoms with Crippen molar-refractivity contribution in [3.8, 4) is 0 Å². The molecule has 0 saturated heterocycles. The molecular formula is C15H22N4. The van der Waals surface area contributed by atoms with Gasteiger partial charge in [-0.1, -0.05) is 6.92 Å². The molecule has 0 bridgehead atoms. The molecule has 1 aliphatic carbocycles. The van der Waals surface area contributed by atoms with Crippen molar-refractivity contribution in [2.75, 3.05) is 6.54 Å². The monoisotopic (exact) mass is 258 g/mol. The van der Waals surface area contributed by atoms with Gasteiger partial charge in [-0.25, -0.2) is 4.98 Å². The summed E-state index contributed by atoms with van der Waals surface area (Å²) in [5.41, 5.74) is 2.65. The Labute approximate surface area is 114 Å². The highest BCUT2D eigenvalue weighted by Crippen LogP contribution is 2.41. The highest BCUT2D eigenvalue weighted by molar-refractivity contribution is 5.19. The molecule has 2 heterocycles. The minimum Gasteiger partial charge on any atom is -0.348 e. The highest BCUT2D eigenvalue weighted by Gasteiger charge is 2.31. The molecular weight excluding hydrogens is 236 g/mol. The molecule has 1 aliphatic rings. The summed E-state index contributed by atoms with van der Waals surface area (Å²) in [7, 11) is 2.04. The maximum Gasteiger partial charge on any atom is 0.0946 e. The molecule has 19 heavy (non-hydrogen) atoms. The first kappa shape index (κ1) is 12.5. The lowest BCUT2D eigenvalue weighted by molar-refractivity contribution is 0.495. The van der Waals surface area contributed by atoms with Crippen LogP contribution in [0.2, 0.25) is 0 Å². The van der Waals surface area contributed by atoms with Gasteiger partial charge in [0.15, 0.2) is 0 Å². The zero-order valence-electron chi connectivity index (χ0n) is 11.7. The van der Waals surface area contributed by atoms with E-state index in [1.807, 2.05) is 19.6 Å². The van der Waals surface area contributed by atoms with Crippen LogP contribution in [-0.4, -0.2) is 20.7 Å². The second-order valence-electron chi connectivity index (χ2n) is 5.49. The Balaban J connectivity index is 1.73. The molecule has 0 aromatic carbocycles. The number of aromatic nitrogens is 3. The van der Waals surface area contributed by atoms with Crippen LogP contribution >= 0.6 is 0 Å². The molecule has 1 saturated carbocycles. The van der Waals surface area contributed by atoms with Gasteiger partial charge in [-0.15, -0.1) is 0 Å². The van der Waals surface area contributed by atoms with Gasteiger partial charge in [0, 0.05) is 31.7 Å². The predicted molar refractivity (Wildman–Crippen MR) is 75.9 cm³/mol. The van der Waals surface area contributed by atoms with Gasteiger partial charge < -0.3 is 14.5 Å². The van der Waals surface area contributed by atoms with Gasteiger partial charge in [-0.3, -0.25) is 0 Å². The normalized spacial score (nSPS) is 16.7. The van der Waals surface area contributed by atoms with Gasteiger partial charge in [0.2, 0.25) is 0 Å². The molecule has 0 radical (unpaired) electrons. The van der Waals surface area contributed by atoms with Crippen molar-refractivity contribution in [1.82, 2.24) is 19.4 Å². The van der Waals surface area contributed by atoms with Crippen LogP contribution < -0.4 is 5.32 Å². The van der Waals surface area contributed by atoms with E-state index in [-0.39, 0.29) is 0 Å². The Morgan fingerprint density at radius 2 is 2.32 bits per heavy atom. The van der Waals surface area contributed by atoms with Crippen LogP contribution in [0.3, 0.4) is 0 Å². The second kappa shape index (κ2) is 5.21. The van der Waals surface area contributed by atoms with E-state index in [1.165, 1.54) is 24.1 Å². The molecule has 1 unspecified atom stereocenters. The number of rotatable bonds is 6. The maximum atomic E-state index is 4.16. The van der Waals surface area contributed by atoms with Crippen LogP contribution in [0, 0.1) is 5.92 Å². The van der Waals surface area contributed by atoms with E-state index in [0.29, 0.717) is 6.04 Å². The van der Waals surface area contributed by atoms with E-state index in [4.69, 9.17) is 0 Å². The average molecular weight is 258 g/mol. The van der Waals surface area contributed by atoms with E-state index in [9.17, 15) is 0 Å². The molecule has 0 aliphatic heterocycles. The number of hydrogen-bond acceptors (Lipinski definition) is 2. The van der Waals surface area contributed by atoms with Crippen molar-refractivity contribution in [3.63, 3.8) is 0 Å². The van der Waals surface area contributed by atoms with Crippen molar-refractivity contribution < 1.29 is 0 Å². The second-order valence-corrected chi connectivity index (χ2v) is 5.49. The number of hydrogen-bond donors (Lipinski definition) is 1. The average Bonchev–Trinajstić information content (AvgIpc) is 3.01. The Bertz CT molecular complexity index is 536. The van der Waals surface area contributed by atoms with Crippen LogP contribution in [-0.2, 0) is 13.6 Å². The van der Waals surface area contributed by atoms with E-state index < -0.39 is 0 Å². The lowest BCUT2D eigenvalue weighted by atomic mass is 10.1. The topological polar surface area (TPSA) is 34.8 Å². The fourth-order valence-corrected chi connectivity index (χ4v) is 2.67. The minimum absolute atomic E-state index is 0.540. The van der Waals surface area contributed by atoms with Crippen molar-refractivity contribution >= 4 is 0 Å². The molecule has 0 amide bonds. The van der Waals surface area contributed by atoms with E-state index in [2.05, 4.69) is 44.8 Å². The Morgan fingerprint density at radius 1 is 1.47 bits per heavy atom. The van der Waals surface area contributed by atoms with Gasteiger partial charge in [-0.05, 0) is 36.9 Å². The zero-order chi connectivity index (χ0) is 13.2. The molecule has 1 fully saturated rings. The summed E-state index contributed by atoms with van der Waals surface area (Å²) >= 11 is 0. The highest BCUT2D eigenvalue weighted by atomic mass is 15.1. The Morgan fingerprint density at radius 3 is 2.95 bits per heavy atom. The van der Waals surface area contributed by atoms with Crippen LogP contribution in [0.4, 0.5) is 0 Å². The number of imidazole rings is 1. The third-order valence-electron chi connectivity index (χ3n) is 3.91. The first-order valence-electron chi connectivity index (χ1n) is 7.12. The van der Waals surface area contributed by atoms with Crippen LogP contribution in [0.1, 0.15) is 37.1 Å². The summed E-state index contributed by atoms with van der Waals surface area (Å²) in [4.78, 5) is 4.16.